The lowest BCUT2D eigenvalue weighted by atomic mass is 9.77. The van der Waals surface area contributed by atoms with Crippen molar-refractivity contribution >= 4 is 0 Å². The van der Waals surface area contributed by atoms with Gasteiger partial charge in [0.2, 0.25) is 0 Å². The Morgan fingerprint density at radius 1 is 1.36 bits per heavy atom. The number of nitriles is 1. The van der Waals surface area contributed by atoms with E-state index >= 15 is 0 Å². The molecule has 28 heavy (non-hydrogen) atoms. The van der Waals surface area contributed by atoms with Crippen LogP contribution in [0.15, 0.2) is 29.1 Å². The summed E-state index contributed by atoms with van der Waals surface area (Å²) in [6, 6.07) is 8.96. The molecule has 1 saturated carbocycles. The van der Waals surface area contributed by atoms with E-state index in [2.05, 4.69) is 11.4 Å². The standard InChI is InChI=1S/C23H28FN3O/c1-4-11-27-16(3)21(15(2)20(13-25)23(27)28)14-26-22(17-7-5-8-17)18-9-6-10-19(24)12-18/h6,9-10,12,17,22,26H,4-5,7-8,11,14H2,1-3H3. The van der Waals surface area contributed by atoms with E-state index in [1.165, 1.54) is 12.5 Å². The molecule has 1 aromatic heterocycles. The van der Waals surface area contributed by atoms with Crippen molar-refractivity contribution in [2.24, 2.45) is 5.92 Å². The van der Waals surface area contributed by atoms with E-state index in [0.717, 1.165) is 41.6 Å². The summed E-state index contributed by atoms with van der Waals surface area (Å²) in [4.78, 5) is 12.6. The number of aromatic nitrogens is 1. The van der Waals surface area contributed by atoms with Crippen molar-refractivity contribution in [3.63, 3.8) is 0 Å². The fraction of sp³-hybridized carbons (Fsp3) is 0.478. The summed E-state index contributed by atoms with van der Waals surface area (Å²) in [5.41, 5.74) is 3.62. The highest BCUT2D eigenvalue weighted by atomic mass is 19.1. The molecular weight excluding hydrogens is 353 g/mol. The van der Waals surface area contributed by atoms with Gasteiger partial charge in [-0.05, 0) is 67.9 Å². The van der Waals surface area contributed by atoms with Gasteiger partial charge in [-0.3, -0.25) is 4.79 Å². The molecule has 2 aromatic rings. The number of hydrogen-bond donors (Lipinski definition) is 1. The van der Waals surface area contributed by atoms with Gasteiger partial charge in [0.25, 0.3) is 5.56 Å². The van der Waals surface area contributed by atoms with E-state index in [1.54, 1.807) is 16.7 Å². The Balaban J connectivity index is 1.94. The predicted molar refractivity (Wildman–Crippen MR) is 109 cm³/mol. The lowest BCUT2D eigenvalue weighted by Crippen LogP contribution is -2.34. The Kier molecular flexibility index (Phi) is 6.31. The van der Waals surface area contributed by atoms with E-state index in [1.807, 2.05) is 26.8 Å². The molecule has 4 nitrogen and oxygen atoms in total. The molecule has 1 fully saturated rings. The van der Waals surface area contributed by atoms with Crippen molar-refractivity contribution in [3.8, 4) is 6.07 Å². The summed E-state index contributed by atoms with van der Waals surface area (Å²) < 4.78 is 15.5. The number of hydrogen-bond acceptors (Lipinski definition) is 3. The highest BCUT2D eigenvalue weighted by molar-refractivity contribution is 5.43. The normalized spacial score (nSPS) is 15.1. The zero-order valence-electron chi connectivity index (χ0n) is 16.9. The molecule has 1 aliphatic carbocycles. The summed E-state index contributed by atoms with van der Waals surface area (Å²) in [7, 11) is 0. The SMILES string of the molecule is CCCn1c(C)c(CNC(c2cccc(F)c2)C2CCC2)c(C)c(C#N)c1=O. The van der Waals surface area contributed by atoms with Crippen LogP contribution in [0.5, 0.6) is 0 Å². The number of halogens is 1. The summed E-state index contributed by atoms with van der Waals surface area (Å²) in [6.45, 7) is 6.96. The van der Waals surface area contributed by atoms with Crippen molar-refractivity contribution in [1.82, 2.24) is 9.88 Å². The molecule has 0 spiro atoms. The van der Waals surface area contributed by atoms with Crippen LogP contribution in [0, 0.1) is 36.9 Å². The van der Waals surface area contributed by atoms with Crippen molar-refractivity contribution < 1.29 is 4.39 Å². The molecule has 1 aliphatic rings. The molecule has 5 heteroatoms. The van der Waals surface area contributed by atoms with Gasteiger partial charge in [-0.1, -0.05) is 25.5 Å². The van der Waals surface area contributed by atoms with Crippen molar-refractivity contribution in [2.75, 3.05) is 0 Å². The molecule has 3 rings (SSSR count). The largest absolute Gasteiger partial charge is 0.311 e. The molecule has 1 atom stereocenters. The highest BCUT2D eigenvalue weighted by Crippen LogP contribution is 2.38. The molecule has 0 amide bonds. The molecule has 1 N–H and O–H groups in total. The van der Waals surface area contributed by atoms with Crippen LogP contribution in [0.4, 0.5) is 4.39 Å². The van der Waals surface area contributed by atoms with Crippen LogP contribution in [0.1, 0.15) is 66.6 Å². The van der Waals surface area contributed by atoms with Crippen LogP contribution in [0.2, 0.25) is 0 Å². The van der Waals surface area contributed by atoms with Gasteiger partial charge in [0.05, 0.1) is 0 Å². The monoisotopic (exact) mass is 381 g/mol. The van der Waals surface area contributed by atoms with E-state index < -0.39 is 0 Å². The second kappa shape index (κ2) is 8.70. The fourth-order valence-corrected chi connectivity index (χ4v) is 4.16. The average Bonchev–Trinajstić information content (AvgIpc) is 2.63. The third-order valence-electron chi connectivity index (χ3n) is 6.02. The average molecular weight is 381 g/mol. The van der Waals surface area contributed by atoms with E-state index in [0.29, 0.717) is 19.0 Å². The third kappa shape index (κ3) is 3.88. The first kappa shape index (κ1) is 20.3. The molecular formula is C23H28FN3O. The minimum Gasteiger partial charge on any atom is -0.311 e. The van der Waals surface area contributed by atoms with Crippen molar-refractivity contribution in [3.05, 3.63) is 68.4 Å². The van der Waals surface area contributed by atoms with Gasteiger partial charge in [0, 0.05) is 24.8 Å². The zero-order valence-corrected chi connectivity index (χ0v) is 16.9. The Labute approximate surface area is 166 Å². The maximum Gasteiger partial charge on any atom is 0.268 e. The van der Waals surface area contributed by atoms with E-state index in [9.17, 15) is 14.4 Å². The van der Waals surface area contributed by atoms with Gasteiger partial charge in [-0.15, -0.1) is 0 Å². The number of benzene rings is 1. The Bertz CT molecular complexity index is 954. The topological polar surface area (TPSA) is 57.8 Å². The molecule has 1 heterocycles. The second-order valence-corrected chi connectivity index (χ2v) is 7.74. The van der Waals surface area contributed by atoms with Crippen LogP contribution in [0.3, 0.4) is 0 Å². The maximum absolute atomic E-state index is 13.8. The zero-order chi connectivity index (χ0) is 20.3. The van der Waals surface area contributed by atoms with E-state index in [4.69, 9.17) is 0 Å². The second-order valence-electron chi connectivity index (χ2n) is 7.74. The van der Waals surface area contributed by atoms with Crippen LogP contribution >= 0.6 is 0 Å². The summed E-state index contributed by atoms with van der Waals surface area (Å²) >= 11 is 0. The fourth-order valence-electron chi connectivity index (χ4n) is 4.16. The van der Waals surface area contributed by atoms with Gasteiger partial charge >= 0.3 is 0 Å². The minimum absolute atomic E-state index is 0.0698. The van der Waals surface area contributed by atoms with E-state index in [-0.39, 0.29) is 23.0 Å². The third-order valence-corrected chi connectivity index (χ3v) is 6.02. The molecule has 0 bridgehead atoms. The predicted octanol–water partition coefficient (Wildman–Crippen LogP) is 4.52. The number of nitrogens with zero attached hydrogens (tertiary/aromatic N) is 2. The molecule has 1 unspecified atom stereocenters. The summed E-state index contributed by atoms with van der Waals surface area (Å²) in [6.07, 6.45) is 4.29. The molecule has 0 radical (unpaired) electrons. The first-order valence-electron chi connectivity index (χ1n) is 10.1. The van der Waals surface area contributed by atoms with Gasteiger partial charge in [-0.25, -0.2) is 4.39 Å². The van der Waals surface area contributed by atoms with Crippen LogP contribution < -0.4 is 10.9 Å². The van der Waals surface area contributed by atoms with Gasteiger partial charge in [-0.2, -0.15) is 5.26 Å². The van der Waals surface area contributed by atoms with Gasteiger partial charge < -0.3 is 9.88 Å². The number of rotatable bonds is 7. The number of pyridine rings is 1. The first-order chi connectivity index (χ1) is 13.5. The Hall–Kier alpha value is -2.45. The summed E-state index contributed by atoms with van der Waals surface area (Å²) in [5.74, 6) is 0.263. The lowest BCUT2D eigenvalue weighted by molar-refractivity contribution is 0.229. The van der Waals surface area contributed by atoms with Gasteiger partial charge in [0.15, 0.2) is 0 Å². The molecule has 0 aliphatic heterocycles. The van der Waals surface area contributed by atoms with Crippen LogP contribution in [0.25, 0.3) is 0 Å². The number of nitrogens with one attached hydrogen (secondary N) is 1. The molecule has 0 saturated heterocycles. The Morgan fingerprint density at radius 3 is 2.68 bits per heavy atom. The minimum atomic E-state index is -0.223. The molecule has 1 aromatic carbocycles. The van der Waals surface area contributed by atoms with Crippen molar-refractivity contribution in [2.45, 2.75) is 65.6 Å². The lowest BCUT2D eigenvalue weighted by Gasteiger charge is -2.35. The quantitative estimate of drug-likeness (QED) is 0.767. The molecule has 148 valence electrons. The van der Waals surface area contributed by atoms with Gasteiger partial charge in [0.1, 0.15) is 17.4 Å². The van der Waals surface area contributed by atoms with Crippen LogP contribution in [-0.4, -0.2) is 4.57 Å². The maximum atomic E-state index is 13.8. The van der Waals surface area contributed by atoms with Crippen molar-refractivity contribution in [1.29, 1.82) is 5.26 Å². The highest BCUT2D eigenvalue weighted by Gasteiger charge is 2.29. The summed E-state index contributed by atoms with van der Waals surface area (Å²) in [5, 5.41) is 13.1. The first-order valence-corrected chi connectivity index (χ1v) is 10.1. The van der Waals surface area contributed by atoms with Crippen LogP contribution in [-0.2, 0) is 13.1 Å². The smallest absolute Gasteiger partial charge is 0.268 e. The Morgan fingerprint density at radius 2 is 2.11 bits per heavy atom.